The van der Waals surface area contributed by atoms with E-state index in [1.54, 1.807) is 0 Å². The number of hydrogen-bond acceptors (Lipinski definition) is 3. The molecule has 2 rings (SSSR count). The molecule has 1 saturated carbocycles. The highest BCUT2D eigenvalue weighted by molar-refractivity contribution is 7.99. The van der Waals surface area contributed by atoms with Crippen LogP contribution in [0.25, 0.3) is 0 Å². The monoisotopic (exact) mass is 253 g/mol. The van der Waals surface area contributed by atoms with E-state index < -0.39 is 0 Å². The van der Waals surface area contributed by atoms with Gasteiger partial charge < -0.3 is 5.32 Å². The van der Waals surface area contributed by atoms with Gasteiger partial charge >= 0.3 is 0 Å². The van der Waals surface area contributed by atoms with Gasteiger partial charge in [-0.1, -0.05) is 6.42 Å². The first-order chi connectivity index (χ1) is 8.13. The predicted molar refractivity (Wildman–Crippen MR) is 74.5 cm³/mol. The highest BCUT2D eigenvalue weighted by Crippen LogP contribution is 2.28. The van der Waals surface area contributed by atoms with Crippen molar-refractivity contribution in [2.45, 2.75) is 50.9 Å². The molecule has 1 aromatic heterocycles. The van der Waals surface area contributed by atoms with Crippen LogP contribution in [0.1, 0.15) is 36.2 Å². The zero-order valence-corrected chi connectivity index (χ0v) is 12.1. The summed E-state index contributed by atoms with van der Waals surface area (Å²) in [5.41, 5.74) is 3.82. The Bertz CT molecular complexity index is 386. The Morgan fingerprint density at radius 2 is 2.18 bits per heavy atom. The van der Waals surface area contributed by atoms with Crippen LogP contribution in [-0.2, 0) is 13.6 Å². The first kappa shape index (κ1) is 13.0. The van der Waals surface area contributed by atoms with Crippen LogP contribution in [0.15, 0.2) is 0 Å². The molecule has 0 radical (unpaired) electrons. The average molecular weight is 253 g/mol. The lowest BCUT2D eigenvalue weighted by atomic mass is 10.1. The van der Waals surface area contributed by atoms with Crippen LogP contribution in [0.5, 0.6) is 0 Å². The summed E-state index contributed by atoms with van der Waals surface area (Å²) in [4.78, 5) is 0. The largest absolute Gasteiger partial charge is 0.309 e. The lowest BCUT2D eigenvalue weighted by Gasteiger charge is -2.19. The van der Waals surface area contributed by atoms with Gasteiger partial charge in [-0.2, -0.15) is 16.9 Å². The first-order valence-electron chi connectivity index (χ1n) is 6.38. The smallest absolute Gasteiger partial charge is 0.0641 e. The fourth-order valence-corrected chi connectivity index (χ4v) is 3.71. The van der Waals surface area contributed by atoms with Crippen LogP contribution in [0.4, 0.5) is 0 Å². The quantitative estimate of drug-likeness (QED) is 0.893. The highest BCUT2D eigenvalue weighted by atomic mass is 32.2. The third-order valence-corrected chi connectivity index (χ3v) is 5.12. The van der Waals surface area contributed by atoms with Crippen molar-refractivity contribution in [1.29, 1.82) is 0 Å². The lowest BCUT2D eigenvalue weighted by molar-refractivity contribution is 0.530. The molecule has 2 atom stereocenters. The van der Waals surface area contributed by atoms with E-state index in [9.17, 15) is 0 Å². The number of thioether (sulfide) groups is 1. The van der Waals surface area contributed by atoms with E-state index in [-0.39, 0.29) is 0 Å². The molecule has 0 aliphatic heterocycles. The second-order valence-electron chi connectivity index (χ2n) is 4.97. The predicted octanol–water partition coefficient (Wildman–Crippen LogP) is 2.41. The molecule has 1 aliphatic carbocycles. The molecule has 0 spiro atoms. The summed E-state index contributed by atoms with van der Waals surface area (Å²) in [6, 6.07) is 0.684. The lowest BCUT2D eigenvalue weighted by Crippen LogP contribution is -2.33. The molecule has 1 heterocycles. The molecule has 0 aromatic carbocycles. The zero-order chi connectivity index (χ0) is 12.4. The molecule has 17 heavy (non-hydrogen) atoms. The third-order valence-electron chi connectivity index (χ3n) is 3.96. The number of aromatic nitrogens is 2. The number of hydrogen-bond donors (Lipinski definition) is 1. The van der Waals surface area contributed by atoms with Crippen molar-refractivity contribution in [3.05, 3.63) is 17.0 Å². The molecule has 0 bridgehead atoms. The maximum Gasteiger partial charge on any atom is 0.0641 e. The maximum absolute atomic E-state index is 4.47. The van der Waals surface area contributed by atoms with Gasteiger partial charge in [0.2, 0.25) is 0 Å². The van der Waals surface area contributed by atoms with E-state index in [4.69, 9.17) is 0 Å². The molecule has 0 amide bonds. The minimum atomic E-state index is 0.684. The fourth-order valence-electron chi connectivity index (χ4n) is 2.75. The minimum Gasteiger partial charge on any atom is -0.309 e. The van der Waals surface area contributed by atoms with Gasteiger partial charge in [-0.3, -0.25) is 4.68 Å². The van der Waals surface area contributed by atoms with Crippen molar-refractivity contribution in [2.24, 2.45) is 7.05 Å². The first-order valence-corrected chi connectivity index (χ1v) is 7.67. The van der Waals surface area contributed by atoms with Crippen LogP contribution in [0.3, 0.4) is 0 Å². The standard InChI is InChI=1S/C13H23N3S/c1-9-11(10(2)16(3)15-9)8-14-12-6-5-7-13(12)17-4/h12-14H,5-8H2,1-4H3. The molecule has 1 aromatic rings. The Morgan fingerprint density at radius 1 is 1.41 bits per heavy atom. The zero-order valence-electron chi connectivity index (χ0n) is 11.3. The molecule has 0 saturated heterocycles. The second kappa shape index (κ2) is 5.44. The third kappa shape index (κ3) is 2.68. The number of aryl methyl sites for hydroxylation is 2. The molecule has 1 N–H and O–H groups in total. The van der Waals surface area contributed by atoms with E-state index in [2.05, 4.69) is 30.5 Å². The number of rotatable bonds is 4. The van der Waals surface area contributed by atoms with Crippen molar-refractivity contribution in [2.75, 3.05) is 6.26 Å². The van der Waals surface area contributed by atoms with Crippen LogP contribution >= 0.6 is 11.8 Å². The molecule has 3 nitrogen and oxygen atoms in total. The number of nitrogens with one attached hydrogen (secondary N) is 1. The van der Waals surface area contributed by atoms with Gasteiger partial charge in [0.15, 0.2) is 0 Å². The van der Waals surface area contributed by atoms with E-state index in [1.807, 2.05) is 23.5 Å². The summed E-state index contributed by atoms with van der Waals surface area (Å²) in [6.45, 7) is 5.22. The summed E-state index contributed by atoms with van der Waals surface area (Å²) >= 11 is 2.01. The molecular weight excluding hydrogens is 230 g/mol. The Balaban J connectivity index is 1.97. The maximum atomic E-state index is 4.47. The van der Waals surface area contributed by atoms with Gasteiger partial charge in [0.1, 0.15) is 0 Å². The van der Waals surface area contributed by atoms with E-state index in [1.165, 1.54) is 30.5 Å². The summed E-state index contributed by atoms with van der Waals surface area (Å²) in [6.07, 6.45) is 6.28. The second-order valence-corrected chi connectivity index (χ2v) is 6.04. The SMILES string of the molecule is CSC1CCCC1NCc1c(C)nn(C)c1C. The Hall–Kier alpha value is -0.480. The number of nitrogens with zero attached hydrogens (tertiary/aromatic N) is 2. The fraction of sp³-hybridized carbons (Fsp3) is 0.769. The normalized spacial score (nSPS) is 24.5. The van der Waals surface area contributed by atoms with Gasteiger partial charge in [0.05, 0.1) is 5.69 Å². The van der Waals surface area contributed by atoms with Crippen LogP contribution in [0, 0.1) is 13.8 Å². The molecule has 2 unspecified atom stereocenters. The Kier molecular flexibility index (Phi) is 4.15. The van der Waals surface area contributed by atoms with E-state index >= 15 is 0 Å². The van der Waals surface area contributed by atoms with Gasteiger partial charge in [0, 0.05) is 36.1 Å². The van der Waals surface area contributed by atoms with Crippen molar-refractivity contribution >= 4 is 11.8 Å². The molecule has 96 valence electrons. The Morgan fingerprint density at radius 3 is 2.76 bits per heavy atom. The minimum absolute atomic E-state index is 0.684. The van der Waals surface area contributed by atoms with Crippen molar-refractivity contribution < 1.29 is 0 Å². The van der Waals surface area contributed by atoms with Crippen molar-refractivity contribution in [3.8, 4) is 0 Å². The summed E-state index contributed by atoms with van der Waals surface area (Å²) in [7, 11) is 2.02. The van der Waals surface area contributed by atoms with Gasteiger partial charge in [-0.25, -0.2) is 0 Å². The van der Waals surface area contributed by atoms with Crippen LogP contribution in [0.2, 0.25) is 0 Å². The molecule has 1 fully saturated rings. The van der Waals surface area contributed by atoms with Crippen LogP contribution in [-0.4, -0.2) is 27.3 Å². The molecular formula is C13H23N3S. The van der Waals surface area contributed by atoms with E-state index in [0.717, 1.165) is 17.5 Å². The summed E-state index contributed by atoms with van der Waals surface area (Å²) in [5, 5.41) is 8.98. The highest BCUT2D eigenvalue weighted by Gasteiger charge is 2.26. The summed E-state index contributed by atoms with van der Waals surface area (Å²) in [5.74, 6) is 0. The summed E-state index contributed by atoms with van der Waals surface area (Å²) < 4.78 is 1.98. The molecule has 4 heteroatoms. The average Bonchev–Trinajstić information content (AvgIpc) is 2.84. The Labute approximate surface area is 108 Å². The molecule has 1 aliphatic rings. The van der Waals surface area contributed by atoms with Gasteiger partial charge in [0.25, 0.3) is 0 Å². The van der Waals surface area contributed by atoms with E-state index in [0.29, 0.717) is 6.04 Å². The van der Waals surface area contributed by atoms with Gasteiger partial charge in [-0.05, 0) is 32.9 Å². The van der Waals surface area contributed by atoms with Crippen molar-refractivity contribution in [1.82, 2.24) is 15.1 Å². The van der Waals surface area contributed by atoms with Crippen molar-refractivity contribution in [3.63, 3.8) is 0 Å². The topological polar surface area (TPSA) is 29.9 Å². The van der Waals surface area contributed by atoms with Gasteiger partial charge in [-0.15, -0.1) is 0 Å². The van der Waals surface area contributed by atoms with Crippen LogP contribution < -0.4 is 5.32 Å².